The van der Waals surface area contributed by atoms with Crippen LogP contribution in [0.4, 0.5) is 0 Å². The van der Waals surface area contributed by atoms with Crippen molar-refractivity contribution in [2.45, 2.75) is 13.5 Å². The molecule has 66 valence electrons. The standard InChI is InChI=1S/C10H10N2O/c1-2-12-13-8-10-5-3-9(7-11)4-6-10/h2-6H,8H2,1H3/b12-2-. The van der Waals surface area contributed by atoms with Crippen molar-refractivity contribution in [2.75, 3.05) is 0 Å². The lowest BCUT2D eigenvalue weighted by molar-refractivity contribution is 0.132. The first-order valence-corrected chi connectivity index (χ1v) is 3.96. The van der Waals surface area contributed by atoms with E-state index in [-0.39, 0.29) is 0 Å². The number of benzene rings is 1. The maximum absolute atomic E-state index is 8.54. The predicted octanol–water partition coefficient (Wildman–Crippen LogP) is 2.08. The van der Waals surface area contributed by atoms with Crippen LogP contribution in [0.2, 0.25) is 0 Å². The van der Waals surface area contributed by atoms with Crippen molar-refractivity contribution in [3.05, 3.63) is 35.4 Å². The lowest BCUT2D eigenvalue weighted by Crippen LogP contribution is -1.86. The van der Waals surface area contributed by atoms with E-state index in [0.29, 0.717) is 12.2 Å². The van der Waals surface area contributed by atoms with Crippen LogP contribution in [-0.2, 0) is 11.4 Å². The lowest BCUT2D eigenvalue weighted by Gasteiger charge is -1.98. The van der Waals surface area contributed by atoms with E-state index in [9.17, 15) is 0 Å². The number of nitrogens with zero attached hydrogens (tertiary/aromatic N) is 2. The Kier molecular flexibility index (Phi) is 3.52. The highest BCUT2D eigenvalue weighted by Crippen LogP contribution is 2.04. The zero-order chi connectivity index (χ0) is 9.52. The minimum atomic E-state index is 0.441. The Hall–Kier alpha value is -1.82. The van der Waals surface area contributed by atoms with Crippen molar-refractivity contribution in [3.8, 4) is 6.07 Å². The molecule has 0 aliphatic heterocycles. The summed E-state index contributed by atoms with van der Waals surface area (Å²) in [4.78, 5) is 4.93. The van der Waals surface area contributed by atoms with E-state index < -0.39 is 0 Å². The summed E-state index contributed by atoms with van der Waals surface area (Å²) in [6, 6.07) is 9.27. The van der Waals surface area contributed by atoms with Gasteiger partial charge in [0.25, 0.3) is 0 Å². The second kappa shape index (κ2) is 4.94. The van der Waals surface area contributed by atoms with Gasteiger partial charge >= 0.3 is 0 Å². The lowest BCUT2D eigenvalue weighted by atomic mass is 10.2. The van der Waals surface area contributed by atoms with Crippen molar-refractivity contribution in [1.82, 2.24) is 0 Å². The van der Waals surface area contributed by atoms with Crippen LogP contribution in [0.3, 0.4) is 0 Å². The molecule has 0 N–H and O–H groups in total. The van der Waals surface area contributed by atoms with E-state index in [0.717, 1.165) is 5.56 Å². The quantitative estimate of drug-likeness (QED) is 0.520. The van der Waals surface area contributed by atoms with E-state index in [2.05, 4.69) is 11.2 Å². The smallest absolute Gasteiger partial charge is 0.142 e. The Morgan fingerprint density at radius 3 is 2.69 bits per heavy atom. The summed E-state index contributed by atoms with van der Waals surface area (Å²) in [5.41, 5.74) is 1.66. The highest BCUT2D eigenvalue weighted by molar-refractivity contribution is 5.52. The van der Waals surface area contributed by atoms with Gasteiger partial charge < -0.3 is 4.84 Å². The first-order valence-electron chi connectivity index (χ1n) is 3.96. The van der Waals surface area contributed by atoms with Gasteiger partial charge in [-0.1, -0.05) is 17.3 Å². The van der Waals surface area contributed by atoms with Crippen LogP contribution in [0, 0.1) is 11.3 Å². The average Bonchev–Trinajstić information content (AvgIpc) is 2.19. The SMILES string of the molecule is C/C=N\OCc1ccc(C#N)cc1. The molecular weight excluding hydrogens is 164 g/mol. The highest BCUT2D eigenvalue weighted by Gasteiger charge is 1.92. The molecule has 0 aromatic heterocycles. The first-order chi connectivity index (χ1) is 6.36. The molecule has 0 fully saturated rings. The van der Waals surface area contributed by atoms with Gasteiger partial charge in [-0.3, -0.25) is 0 Å². The molecular formula is C10H10N2O. The molecule has 3 heteroatoms. The molecule has 0 spiro atoms. The molecule has 0 aliphatic rings. The highest BCUT2D eigenvalue weighted by atomic mass is 16.6. The molecule has 0 heterocycles. The van der Waals surface area contributed by atoms with Gasteiger partial charge in [0, 0.05) is 6.21 Å². The molecule has 0 aliphatic carbocycles. The molecule has 1 aromatic carbocycles. The van der Waals surface area contributed by atoms with Gasteiger partial charge in [0.15, 0.2) is 0 Å². The Bertz CT molecular complexity index is 322. The van der Waals surface area contributed by atoms with Gasteiger partial charge in [0.2, 0.25) is 0 Å². The predicted molar refractivity (Wildman–Crippen MR) is 50.1 cm³/mol. The Labute approximate surface area is 77.2 Å². The fourth-order valence-electron chi connectivity index (χ4n) is 0.862. The summed E-state index contributed by atoms with van der Waals surface area (Å²) in [6.07, 6.45) is 1.59. The minimum absolute atomic E-state index is 0.441. The van der Waals surface area contributed by atoms with Crippen LogP contribution in [0.1, 0.15) is 18.1 Å². The molecule has 0 saturated carbocycles. The topological polar surface area (TPSA) is 45.4 Å². The summed E-state index contributed by atoms with van der Waals surface area (Å²) in [6.45, 7) is 2.23. The molecule has 0 bridgehead atoms. The maximum Gasteiger partial charge on any atom is 0.142 e. The summed E-state index contributed by atoms with van der Waals surface area (Å²) < 4.78 is 0. The Morgan fingerprint density at radius 1 is 1.46 bits per heavy atom. The van der Waals surface area contributed by atoms with E-state index >= 15 is 0 Å². The monoisotopic (exact) mass is 174 g/mol. The van der Waals surface area contributed by atoms with Gasteiger partial charge in [-0.25, -0.2) is 0 Å². The molecule has 0 saturated heterocycles. The molecule has 0 atom stereocenters. The fraction of sp³-hybridized carbons (Fsp3) is 0.200. The minimum Gasteiger partial charge on any atom is -0.391 e. The second-order valence-electron chi connectivity index (χ2n) is 2.45. The third kappa shape index (κ3) is 2.96. The van der Waals surface area contributed by atoms with Gasteiger partial charge in [0.1, 0.15) is 6.61 Å². The number of oxime groups is 1. The van der Waals surface area contributed by atoms with Gasteiger partial charge in [0.05, 0.1) is 11.6 Å². The van der Waals surface area contributed by atoms with E-state index in [4.69, 9.17) is 10.1 Å². The maximum atomic E-state index is 8.54. The summed E-state index contributed by atoms with van der Waals surface area (Å²) in [5, 5.41) is 12.2. The molecule has 1 aromatic rings. The zero-order valence-corrected chi connectivity index (χ0v) is 7.40. The molecule has 1 rings (SSSR count). The fourth-order valence-corrected chi connectivity index (χ4v) is 0.862. The molecule has 0 radical (unpaired) electrons. The summed E-state index contributed by atoms with van der Waals surface area (Å²) >= 11 is 0. The number of nitriles is 1. The number of hydrogen-bond acceptors (Lipinski definition) is 3. The van der Waals surface area contributed by atoms with Crippen LogP contribution in [0.25, 0.3) is 0 Å². The molecule has 13 heavy (non-hydrogen) atoms. The van der Waals surface area contributed by atoms with Crippen molar-refractivity contribution in [3.63, 3.8) is 0 Å². The van der Waals surface area contributed by atoms with Crippen LogP contribution in [0.15, 0.2) is 29.4 Å². The van der Waals surface area contributed by atoms with E-state index in [1.54, 1.807) is 25.3 Å². The van der Waals surface area contributed by atoms with E-state index in [1.165, 1.54) is 0 Å². The van der Waals surface area contributed by atoms with Crippen molar-refractivity contribution < 1.29 is 4.84 Å². The van der Waals surface area contributed by atoms with Crippen molar-refractivity contribution in [1.29, 1.82) is 5.26 Å². The third-order valence-electron chi connectivity index (χ3n) is 1.49. The van der Waals surface area contributed by atoms with Crippen LogP contribution >= 0.6 is 0 Å². The largest absolute Gasteiger partial charge is 0.391 e. The average molecular weight is 174 g/mol. The molecule has 3 nitrogen and oxygen atoms in total. The van der Waals surface area contributed by atoms with Gasteiger partial charge in [-0.15, -0.1) is 0 Å². The molecule has 0 unspecified atom stereocenters. The van der Waals surface area contributed by atoms with E-state index in [1.807, 2.05) is 12.1 Å². The summed E-state index contributed by atoms with van der Waals surface area (Å²) in [5.74, 6) is 0. The number of rotatable bonds is 3. The Morgan fingerprint density at radius 2 is 2.15 bits per heavy atom. The van der Waals surface area contributed by atoms with Crippen LogP contribution in [-0.4, -0.2) is 6.21 Å². The second-order valence-corrected chi connectivity index (χ2v) is 2.45. The van der Waals surface area contributed by atoms with Crippen LogP contribution < -0.4 is 0 Å². The van der Waals surface area contributed by atoms with Crippen molar-refractivity contribution >= 4 is 6.21 Å². The van der Waals surface area contributed by atoms with Crippen molar-refractivity contribution in [2.24, 2.45) is 5.16 Å². The summed E-state index contributed by atoms with van der Waals surface area (Å²) in [7, 11) is 0. The van der Waals surface area contributed by atoms with Crippen LogP contribution in [0.5, 0.6) is 0 Å². The normalized spacial score (nSPS) is 9.85. The molecule has 0 amide bonds. The first kappa shape index (κ1) is 9.27. The Balaban J connectivity index is 2.55. The number of hydrogen-bond donors (Lipinski definition) is 0. The third-order valence-corrected chi connectivity index (χ3v) is 1.49. The van der Waals surface area contributed by atoms with Gasteiger partial charge in [-0.2, -0.15) is 5.26 Å². The zero-order valence-electron chi connectivity index (χ0n) is 7.40. The van der Waals surface area contributed by atoms with Gasteiger partial charge in [-0.05, 0) is 24.6 Å².